The lowest BCUT2D eigenvalue weighted by molar-refractivity contribution is -0.129. The number of ether oxygens (including phenoxy) is 1. The molecular weight excluding hydrogens is 340 g/mol. The van der Waals surface area contributed by atoms with E-state index in [1.165, 1.54) is 0 Å². The number of hydrogen-bond donors (Lipinski definition) is 4. The van der Waals surface area contributed by atoms with Gasteiger partial charge in [0.25, 0.3) is 0 Å². The normalized spacial score (nSPS) is 12.3. The van der Waals surface area contributed by atoms with E-state index in [1.807, 2.05) is 12.1 Å². The smallest absolute Gasteiger partial charge is 0.408 e. The number of amides is 3. The number of nitrogens with one attached hydrogen (secondary N) is 2. The number of aliphatic hydroxyl groups excluding tert-OH is 1. The summed E-state index contributed by atoms with van der Waals surface area (Å²) in [5.41, 5.74) is 5.97. The summed E-state index contributed by atoms with van der Waals surface area (Å²) in [6, 6.07) is 8.57. The van der Waals surface area contributed by atoms with Crippen molar-refractivity contribution in [3.63, 3.8) is 0 Å². The van der Waals surface area contributed by atoms with Crippen LogP contribution in [0.3, 0.4) is 0 Å². The second-order valence-electron chi connectivity index (χ2n) is 5.46. The summed E-state index contributed by atoms with van der Waals surface area (Å²) in [5, 5.41) is 22.4. The summed E-state index contributed by atoms with van der Waals surface area (Å²) in [5.74, 6) is -1.54. The van der Waals surface area contributed by atoms with Crippen LogP contribution in [0.2, 0.25) is 0 Å². The molecule has 0 heterocycles. The van der Waals surface area contributed by atoms with E-state index >= 15 is 0 Å². The van der Waals surface area contributed by atoms with Crippen LogP contribution < -0.4 is 16.4 Å². The molecule has 1 rings (SSSR count). The minimum absolute atomic E-state index is 0.00448. The highest BCUT2D eigenvalue weighted by atomic mass is 16.5. The minimum Gasteiger partial charge on any atom is -0.445 e. The maximum Gasteiger partial charge on any atom is 0.408 e. The van der Waals surface area contributed by atoms with Crippen LogP contribution in [0.1, 0.15) is 24.8 Å². The van der Waals surface area contributed by atoms with Gasteiger partial charge in [0.05, 0.1) is 12.7 Å². The van der Waals surface area contributed by atoms with Crippen LogP contribution in [0.25, 0.3) is 0 Å². The first-order chi connectivity index (χ1) is 12.5. The van der Waals surface area contributed by atoms with Gasteiger partial charge >= 0.3 is 6.09 Å². The zero-order chi connectivity index (χ0) is 19.4. The number of alkyl carbamates (subject to hydrolysis) is 1. The number of carbonyl (C=O) groups is 3. The number of benzene rings is 1. The zero-order valence-electron chi connectivity index (χ0n) is 14.2. The molecule has 1 aromatic carbocycles. The van der Waals surface area contributed by atoms with Gasteiger partial charge in [-0.25, -0.2) is 4.79 Å². The number of unbranched alkanes of at least 4 members (excludes halogenated alkanes) is 1. The van der Waals surface area contributed by atoms with Crippen LogP contribution in [0, 0.1) is 11.3 Å². The SMILES string of the molecule is N#CCCC[C@H](NC(=O)[C@H](CO)NC(=O)OCc1ccccc1)C(N)=O. The monoisotopic (exact) mass is 362 g/mol. The van der Waals surface area contributed by atoms with Crippen LogP contribution in [0.5, 0.6) is 0 Å². The van der Waals surface area contributed by atoms with Crippen molar-refractivity contribution >= 4 is 17.9 Å². The van der Waals surface area contributed by atoms with Gasteiger partial charge in [-0.3, -0.25) is 9.59 Å². The van der Waals surface area contributed by atoms with Crippen molar-refractivity contribution in [1.82, 2.24) is 10.6 Å². The Morgan fingerprint density at radius 1 is 1.19 bits per heavy atom. The topological polar surface area (TPSA) is 155 Å². The van der Waals surface area contributed by atoms with Gasteiger partial charge in [-0.2, -0.15) is 5.26 Å². The molecular formula is C17H22N4O5. The van der Waals surface area contributed by atoms with Crippen molar-refractivity contribution in [2.24, 2.45) is 5.73 Å². The third-order valence-electron chi connectivity index (χ3n) is 3.45. The fourth-order valence-corrected chi connectivity index (χ4v) is 2.04. The summed E-state index contributed by atoms with van der Waals surface area (Å²) < 4.78 is 4.97. The summed E-state index contributed by atoms with van der Waals surface area (Å²) >= 11 is 0. The Balaban J connectivity index is 2.51. The molecule has 0 unspecified atom stereocenters. The predicted octanol–water partition coefficient (Wildman–Crippen LogP) is -0.0623. The van der Waals surface area contributed by atoms with Gasteiger partial charge in [0, 0.05) is 6.42 Å². The second kappa shape index (κ2) is 11.4. The van der Waals surface area contributed by atoms with Gasteiger partial charge < -0.3 is 26.2 Å². The molecule has 0 spiro atoms. The van der Waals surface area contributed by atoms with Gasteiger partial charge in [0.15, 0.2) is 0 Å². The summed E-state index contributed by atoms with van der Waals surface area (Å²) in [6.45, 7) is -0.680. The molecule has 0 saturated carbocycles. The Hall–Kier alpha value is -3.12. The highest BCUT2D eigenvalue weighted by molar-refractivity contribution is 5.90. The van der Waals surface area contributed by atoms with E-state index in [1.54, 1.807) is 24.3 Å². The number of nitriles is 1. The van der Waals surface area contributed by atoms with Gasteiger partial charge in [-0.05, 0) is 18.4 Å². The van der Waals surface area contributed by atoms with E-state index in [0.29, 0.717) is 6.42 Å². The number of aliphatic hydroxyl groups is 1. The molecule has 0 bridgehead atoms. The Labute approximate surface area is 151 Å². The molecule has 0 saturated heterocycles. The molecule has 140 valence electrons. The van der Waals surface area contributed by atoms with E-state index in [-0.39, 0.29) is 19.4 Å². The second-order valence-corrected chi connectivity index (χ2v) is 5.46. The van der Waals surface area contributed by atoms with E-state index in [4.69, 9.17) is 15.7 Å². The molecule has 0 aliphatic rings. The third kappa shape index (κ3) is 7.63. The van der Waals surface area contributed by atoms with Crippen molar-refractivity contribution < 1.29 is 24.2 Å². The number of primary amides is 1. The molecule has 9 nitrogen and oxygen atoms in total. The predicted molar refractivity (Wildman–Crippen MR) is 91.2 cm³/mol. The van der Waals surface area contributed by atoms with Crippen molar-refractivity contribution in [2.45, 2.75) is 38.0 Å². The fourth-order valence-electron chi connectivity index (χ4n) is 2.04. The van der Waals surface area contributed by atoms with Gasteiger partial charge in [-0.15, -0.1) is 0 Å². The first-order valence-corrected chi connectivity index (χ1v) is 8.02. The van der Waals surface area contributed by atoms with E-state index in [0.717, 1.165) is 5.56 Å². The maximum atomic E-state index is 12.1. The molecule has 0 aliphatic heterocycles. The van der Waals surface area contributed by atoms with Crippen molar-refractivity contribution in [2.75, 3.05) is 6.61 Å². The zero-order valence-corrected chi connectivity index (χ0v) is 14.2. The molecule has 9 heteroatoms. The van der Waals surface area contributed by atoms with Crippen molar-refractivity contribution in [3.05, 3.63) is 35.9 Å². The summed E-state index contributed by atoms with van der Waals surface area (Å²) in [4.78, 5) is 35.3. The quantitative estimate of drug-likeness (QED) is 0.427. The number of carbonyl (C=O) groups excluding carboxylic acids is 3. The number of rotatable bonds is 10. The van der Waals surface area contributed by atoms with Gasteiger partial charge in [0.1, 0.15) is 18.7 Å². The fraction of sp³-hybridized carbons (Fsp3) is 0.412. The lowest BCUT2D eigenvalue weighted by Gasteiger charge is -2.20. The highest BCUT2D eigenvalue weighted by Crippen LogP contribution is 2.02. The van der Waals surface area contributed by atoms with Crippen LogP contribution in [-0.2, 0) is 20.9 Å². The molecule has 0 fully saturated rings. The van der Waals surface area contributed by atoms with Crippen LogP contribution in [0.15, 0.2) is 30.3 Å². The summed E-state index contributed by atoms with van der Waals surface area (Å²) in [7, 11) is 0. The lowest BCUT2D eigenvalue weighted by Crippen LogP contribution is -2.54. The van der Waals surface area contributed by atoms with Crippen molar-refractivity contribution in [3.8, 4) is 6.07 Å². The Morgan fingerprint density at radius 3 is 2.46 bits per heavy atom. The Kier molecular flexibility index (Phi) is 9.20. The van der Waals surface area contributed by atoms with Gasteiger partial charge in [0.2, 0.25) is 11.8 Å². The molecule has 2 atom stereocenters. The van der Waals surface area contributed by atoms with E-state index in [2.05, 4.69) is 10.6 Å². The number of nitrogens with zero attached hydrogens (tertiary/aromatic N) is 1. The molecule has 0 radical (unpaired) electrons. The lowest BCUT2D eigenvalue weighted by atomic mass is 10.1. The summed E-state index contributed by atoms with van der Waals surface area (Å²) in [6.07, 6.45) is -0.109. The molecule has 26 heavy (non-hydrogen) atoms. The van der Waals surface area contributed by atoms with Crippen LogP contribution in [0.4, 0.5) is 4.79 Å². The van der Waals surface area contributed by atoms with Crippen LogP contribution in [-0.4, -0.2) is 41.7 Å². The Bertz CT molecular complexity index is 644. The molecule has 3 amide bonds. The Morgan fingerprint density at radius 2 is 1.88 bits per heavy atom. The molecule has 0 aromatic heterocycles. The maximum absolute atomic E-state index is 12.1. The van der Waals surface area contributed by atoms with E-state index in [9.17, 15) is 19.5 Å². The third-order valence-corrected chi connectivity index (χ3v) is 3.45. The number of hydrogen-bond acceptors (Lipinski definition) is 6. The van der Waals surface area contributed by atoms with Crippen LogP contribution >= 0.6 is 0 Å². The average molecular weight is 362 g/mol. The molecule has 1 aromatic rings. The standard InChI is InChI=1S/C17H22N4O5/c18-9-5-4-8-13(15(19)23)20-16(24)14(10-22)21-17(25)26-11-12-6-2-1-3-7-12/h1-3,6-7,13-14,22H,4-5,8,10-11H2,(H2,19,23)(H,20,24)(H,21,25)/t13-,14-/m0/s1. The first kappa shape index (κ1) is 20.9. The van der Waals surface area contributed by atoms with Gasteiger partial charge in [-0.1, -0.05) is 30.3 Å². The van der Waals surface area contributed by atoms with Crippen molar-refractivity contribution in [1.29, 1.82) is 5.26 Å². The number of nitrogens with two attached hydrogens (primary N) is 1. The first-order valence-electron chi connectivity index (χ1n) is 8.02. The average Bonchev–Trinajstić information content (AvgIpc) is 2.64. The largest absolute Gasteiger partial charge is 0.445 e. The van der Waals surface area contributed by atoms with E-state index < -0.39 is 36.6 Å². The molecule has 0 aliphatic carbocycles. The highest BCUT2D eigenvalue weighted by Gasteiger charge is 2.25. The minimum atomic E-state index is -1.30. The molecule has 5 N–H and O–H groups in total.